The summed E-state index contributed by atoms with van der Waals surface area (Å²) in [6.45, 7) is 7.70. The molecule has 64 heavy (non-hydrogen) atoms. The first-order valence-electron chi connectivity index (χ1n) is 21.0. The van der Waals surface area contributed by atoms with Crippen molar-refractivity contribution in [3.05, 3.63) is 77.6 Å². The second-order valence-electron chi connectivity index (χ2n) is 16.7. The SMILES string of the molecule is COC(=O)NC(C(=O)N1CCC[C@H]1C(=O)Nc1ccc2c(c1)cc1n2[C@H](c2cc(F)c(F)c(F)c2)Oc2cc(NC(=O)[C@@H]3CCCN3C(=O)[C@@H](NC(=O)OC)C(C)C)ccc2-1)C(C)C. The summed E-state index contributed by atoms with van der Waals surface area (Å²) in [5, 5.41) is 11.5. The quantitative estimate of drug-likeness (QED) is 0.126. The summed E-state index contributed by atoms with van der Waals surface area (Å²) in [5.41, 5.74) is 2.23. The van der Waals surface area contributed by atoms with Crippen molar-refractivity contribution in [3.63, 3.8) is 0 Å². The van der Waals surface area contributed by atoms with Crippen molar-refractivity contribution in [2.75, 3.05) is 37.9 Å². The minimum atomic E-state index is -1.65. The highest BCUT2D eigenvalue weighted by molar-refractivity contribution is 6.02. The molecule has 3 aliphatic heterocycles. The number of carbonyl (C=O) groups excluding carboxylic acids is 6. The molecule has 7 rings (SSSR count). The van der Waals surface area contributed by atoms with Crippen LogP contribution in [0.5, 0.6) is 5.75 Å². The van der Waals surface area contributed by atoms with Gasteiger partial charge in [0.25, 0.3) is 0 Å². The van der Waals surface area contributed by atoms with Crippen LogP contribution in [-0.4, -0.2) is 102 Å². The van der Waals surface area contributed by atoms with Crippen LogP contribution in [0.2, 0.25) is 0 Å². The lowest BCUT2D eigenvalue weighted by Crippen LogP contribution is -2.54. The van der Waals surface area contributed by atoms with Gasteiger partial charge >= 0.3 is 12.2 Å². The van der Waals surface area contributed by atoms with E-state index in [1.165, 1.54) is 24.0 Å². The molecule has 0 bridgehead atoms. The standard InChI is InChI=1S/C45H50F3N7O9/c1-22(2)37(51-44(60)62-5)41(58)53-15-7-9-32(53)39(56)49-26-12-14-31-24(17-26)20-34-28-13-11-27(21-35(28)64-43(55(31)34)25-18-29(46)36(48)30(47)19-25)50-40(57)33-10-8-16-54(33)42(59)38(23(3)4)52-45(61)63-6/h11-14,17-23,32-33,37-38,43H,7-10,15-16H2,1-6H3,(H,49,56)(H,50,57)(H,51,60)(H,52,61)/t32-,33-,37?,38-,43-/m0/s1. The summed E-state index contributed by atoms with van der Waals surface area (Å²) < 4.78 is 61.3. The summed E-state index contributed by atoms with van der Waals surface area (Å²) in [6, 6.07) is 9.87. The van der Waals surface area contributed by atoms with Crippen LogP contribution >= 0.6 is 0 Å². The van der Waals surface area contributed by atoms with Crippen molar-refractivity contribution >= 4 is 58.1 Å². The topological polar surface area (TPSA) is 190 Å². The van der Waals surface area contributed by atoms with E-state index < -0.39 is 83.7 Å². The molecular weight excluding hydrogens is 840 g/mol. The Balaban J connectivity index is 1.17. The summed E-state index contributed by atoms with van der Waals surface area (Å²) in [6.07, 6.45) is -0.874. The van der Waals surface area contributed by atoms with E-state index in [1.54, 1.807) is 74.7 Å². The molecule has 0 saturated carbocycles. The minimum Gasteiger partial charge on any atom is -0.465 e. The van der Waals surface area contributed by atoms with E-state index in [9.17, 15) is 41.9 Å². The lowest BCUT2D eigenvalue weighted by Gasteiger charge is -2.31. The molecule has 0 spiro atoms. The number of alkyl carbamates (subject to hydrolysis) is 2. The molecule has 2 saturated heterocycles. The van der Waals surface area contributed by atoms with Gasteiger partial charge in [0.2, 0.25) is 29.9 Å². The number of methoxy groups -OCH3 is 2. The van der Waals surface area contributed by atoms with E-state index in [0.29, 0.717) is 72.3 Å². The highest BCUT2D eigenvalue weighted by Crippen LogP contribution is 2.46. The number of halogens is 3. The Bertz CT molecular complexity index is 2490. The van der Waals surface area contributed by atoms with Crippen LogP contribution in [0.15, 0.2) is 54.6 Å². The summed E-state index contributed by atoms with van der Waals surface area (Å²) >= 11 is 0. The molecule has 4 N–H and O–H groups in total. The van der Waals surface area contributed by atoms with Gasteiger partial charge in [-0.2, -0.15) is 0 Å². The van der Waals surface area contributed by atoms with Gasteiger partial charge in [0.1, 0.15) is 29.9 Å². The smallest absolute Gasteiger partial charge is 0.407 e. The molecule has 19 heteroatoms. The van der Waals surface area contributed by atoms with Gasteiger partial charge in [0.05, 0.1) is 25.4 Å². The Morgan fingerprint density at radius 1 is 0.688 bits per heavy atom. The molecule has 3 aliphatic rings. The predicted molar refractivity (Wildman–Crippen MR) is 228 cm³/mol. The third kappa shape index (κ3) is 8.87. The van der Waals surface area contributed by atoms with Crippen molar-refractivity contribution < 1.29 is 56.1 Å². The molecule has 2 fully saturated rings. The zero-order valence-corrected chi connectivity index (χ0v) is 36.1. The molecule has 4 aromatic rings. The lowest BCUT2D eigenvalue weighted by molar-refractivity contribution is -0.139. The Kier molecular flexibility index (Phi) is 13.1. The first-order valence-corrected chi connectivity index (χ1v) is 21.0. The van der Waals surface area contributed by atoms with Gasteiger partial charge < -0.3 is 49.8 Å². The van der Waals surface area contributed by atoms with Crippen molar-refractivity contribution in [2.45, 2.75) is 83.8 Å². The van der Waals surface area contributed by atoms with Gasteiger partial charge in [0, 0.05) is 47.0 Å². The van der Waals surface area contributed by atoms with Gasteiger partial charge in [-0.1, -0.05) is 27.7 Å². The molecule has 0 radical (unpaired) electrons. The first-order chi connectivity index (χ1) is 30.5. The van der Waals surface area contributed by atoms with E-state index in [4.69, 9.17) is 14.2 Å². The van der Waals surface area contributed by atoms with Crippen LogP contribution in [0, 0.1) is 29.3 Å². The largest absolute Gasteiger partial charge is 0.465 e. The van der Waals surface area contributed by atoms with E-state index in [2.05, 4.69) is 21.3 Å². The number of hydrogen-bond acceptors (Lipinski definition) is 9. The number of ether oxygens (including phenoxy) is 3. The maximum absolute atomic E-state index is 14.8. The van der Waals surface area contributed by atoms with Crippen molar-refractivity contribution in [1.82, 2.24) is 25.0 Å². The number of likely N-dealkylation sites (tertiary alicyclic amines) is 2. The number of nitrogens with zero attached hydrogens (tertiary/aromatic N) is 3. The normalized spacial score (nSPS) is 18.8. The summed E-state index contributed by atoms with van der Waals surface area (Å²) in [5.74, 6) is -6.62. The van der Waals surface area contributed by atoms with Crippen molar-refractivity contribution in [1.29, 1.82) is 0 Å². The van der Waals surface area contributed by atoms with Crippen molar-refractivity contribution in [3.8, 4) is 17.0 Å². The first kappa shape index (κ1) is 45.2. The molecule has 0 aliphatic carbocycles. The number of amides is 6. The van der Waals surface area contributed by atoms with Gasteiger partial charge in [0.15, 0.2) is 17.5 Å². The minimum absolute atomic E-state index is 0.0552. The monoisotopic (exact) mass is 889 g/mol. The second kappa shape index (κ2) is 18.5. The van der Waals surface area contributed by atoms with E-state index in [0.717, 1.165) is 12.1 Å². The second-order valence-corrected chi connectivity index (χ2v) is 16.7. The maximum atomic E-state index is 14.8. The number of fused-ring (bicyclic) bond motifs is 5. The third-order valence-corrected chi connectivity index (χ3v) is 11.9. The Hall–Kier alpha value is -6.79. The summed E-state index contributed by atoms with van der Waals surface area (Å²) in [4.78, 5) is 81.6. The average Bonchev–Trinajstić information content (AvgIpc) is 4.05. The molecule has 16 nitrogen and oxygen atoms in total. The van der Waals surface area contributed by atoms with Gasteiger partial charge in [-0.25, -0.2) is 22.8 Å². The lowest BCUT2D eigenvalue weighted by atomic mass is 10.0. The molecule has 3 aromatic carbocycles. The highest BCUT2D eigenvalue weighted by atomic mass is 19.2. The molecular formula is C45H50F3N7O9. The maximum Gasteiger partial charge on any atom is 0.407 e. The number of rotatable bonds is 11. The van der Waals surface area contributed by atoms with Crippen LogP contribution in [0.3, 0.4) is 0 Å². The highest BCUT2D eigenvalue weighted by Gasteiger charge is 2.41. The number of anilines is 2. The van der Waals surface area contributed by atoms with E-state index in [-0.39, 0.29) is 23.1 Å². The fraction of sp³-hybridized carbons (Fsp3) is 0.422. The molecule has 340 valence electrons. The van der Waals surface area contributed by atoms with Crippen LogP contribution in [0.1, 0.15) is 65.2 Å². The van der Waals surface area contributed by atoms with E-state index in [1.807, 2.05) is 0 Å². The fourth-order valence-electron chi connectivity index (χ4n) is 8.60. The molecule has 6 amide bonds. The molecule has 1 unspecified atom stereocenters. The Morgan fingerprint density at radius 3 is 1.69 bits per heavy atom. The van der Waals surface area contributed by atoms with Gasteiger partial charge in [-0.3, -0.25) is 19.2 Å². The average molecular weight is 890 g/mol. The third-order valence-electron chi connectivity index (χ3n) is 11.9. The van der Waals surface area contributed by atoms with Gasteiger partial charge in [-0.15, -0.1) is 0 Å². The molecule has 4 heterocycles. The molecule has 1 aromatic heterocycles. The van der Waals surface area contributed by atoms with Crippen molar-refractivity contribution in [2.24, 2.45) is 11.8 Å². The van der Waals surface area contributed by atoms with Gasteiger partial charge in [-0.05, 0) is 86.1 Å². The predicted octanol–water partition coefficient (Wildman–Crippen LogP) is 6.29. The summed E-state index contributed by atoms with van der Waals surface area (Å²) in [7, 11) is 2.39. The number of carbonyl (C=O) groups is 6. The van der Waals surface area contributed by atoms with E-state index >= 15 is 0 Å². The number of aromatic nitrogens is 1. The Morgan fingerprint density at radius 2 is 1.19 bits per heavy atom. The van der Waals surface area contributed by atoms with Crippen LogP contribution in [0.4, 0.5) is 34.1 Å². The van der Waals surface area contributed by atoms with Crippen LogP contribution in [0.25, 0.3) is 22.2 Å². The van der Waals surface area contributed by atoms with Crippen LogP contribution < -0.4 is 26.0 Å². The zero-order chi connectivity index (χ0) is 46.1. The molecule has 5 atom stereocenters. The number of nitrogens with one attached hydrogen (secondary N) is 4. The van der Waals surface area contributed by atoms with Crippen LogP contribution in [-0.2, 0) is 28.7 Å². The zero-order valence-electron chi connectivity index (χ0n) is 36.1. The fourth-order valence-corrected chi connectivity index (χ4v) is 8.60. The Labute approximate surface area is 366 Å². The number of benzene rings is 3. The number of hydrogen-bond donors (Lipinski definition) is 4.